The molecule has 0 radical (unpaired) electrons. The topological polar surface area (TPSA) is 80.3 Å². The Morgan fingerprint density at radius 2 is 1.97 bits per heavy atom. The van der Waals surface area contributed by atoms with Crippen molar-refractivity contribution in [1.82, 2.24) is 25.3 Å². The zero-order chi connectivity index (χ0) is 19.9. The molecule has 1 saturated carbocycles. The number of guanidine groups is 1. The van der Waals surface area contributed by atoms with E-state index in [1.807, 2.05) is 6.07 Å². The average molecular weight is 534 g/mol. The number of carbonyl (C=O) groups excluding carboxylic acids is 2. The summed E-state index contributed by atoms with van der Waals surface area (Å²) in [6.07, 6.45) is 2.22. The van der Waals surface area contributed by atoms with Gasteiger partial charge in [0.2, 0.25) is 11.8 Å². The van der Waals surface area contributed by atoms with Crippen LogP contribution in [0.3, 0.4) is 0 Å². The van der Waals surface area contributed by atoms with Gasteiger partial charge < -0.3 is 20.4 Å². The fraction of sp³-hybridized carbons (Fsp3) is 0.632. The van der Waals surface area contributed by atoms with Crippen molar-refractivity contribution < 1.29 is 9.59 Å². The molecule has 0 bridgehead atoms. The molecule has 2 amide bonds. The first-order valence-corrected chi connectivity index (χ1v) is 10.7. The minimum Gasteiger partial charge on any atom is -0.352 e. The molecule has 1 aromatic rings. The number of hydrogen-bond donors (Lipinski definition) is 2. The predicted molar refractivity (Wildman–Crippen MR) is 127 cm³/mol. The molecule has 2 aliphatic rings. The molecular formula is C19H31IN6O2S. The first kappa shape index (κ1) is 23.9. The number of amides is 2. The summed E-state index contributed by atoms with van der Waals surface area (Å²) in [6.45, 7) is 4.45. The van der Waals surface area contributed by atoms with Gasteiger partial charge >= 0.3 is 0 Å². The normalized spacial score (nSPS) is 17.4. The van der Waals surface area contributed by atoms with E-state index in [9.17, 15) is 9.59 Å². The van der Waals surface area contributed by atoms with Crippen LogP contribution in [0.25, 0.3) is 0 Å². The van der Waals surface area contributed by atoms with E-state index in [1.54, 1.807) is 30.3 Å². The van der Waals surface area contributed by atoms with Gasteiger partial charge in [-0.15, -0.1) is 35.3 Å². The number of nitrogens with zero attached hydrogens (tertiary/aromatic N) is 4. The predicted octanol–water partition coefficient (Wildman–Crippen LogP) is 0.796. The van der Waals surface area contributed by atoms with E-state index < -0.39 is 0 Å². The highest BCUT2D eigenvalue weighted by molar-refractivity contribution is 14.0. The Hall–Kier alpha value is -1.40. The second-order valence-electron chi connectivity index (χ2n) is 7.47. The third-order valence-corrected chi connectivity index (χ3v) is 5.72. The summed E-state index contributed by atoms with van der Waals surface area (Å²) in [7, 11) is 3.48. The van der Waals surface area contributed by atoms with Gasteiger partial charge in [-0.3, -0.25) is 14.5 Å². The number of rotatable bonds is 7. The Morgan fingerprint density at radius 3 is 2.55 bits per heavy atom. The molecule has 2 heterocycles. The number of halogens is 1. The number of nitrogens with one attached hydrogen (secondary N) is 2. The summed E-state index contributed by atoms with van der Waals surface area (Å²) in [5.41, 5.74) is 0. The van der Waals surface area contributed by atoms with Gasteiger partial charge in [0, 0.05) is 51.2 Å². The Labute approximate surface area is 193 Å². The summed E-state index contributed by atoms with van der Waals surface area (Å²) in [6, 6.07) is 4.51. The summed E-state index contributed by atoms with van der Waals surface area (Å²) < 4.78 is 0. The Morgan fingerprint density at radius 1 is 1.24 bits per heavy atom. The van der Waals surface area contributed by atoms with Gasteiger partial charge in [0.25, 0.3) is 0 Å². The highest BCUT2D eigenvalue weighted by Crippen LogP contribution is 2.18. The van der Waals surface area contributed by atoms with Crippen LogP contribution in [0.5, 0.6) is 0 Å². The monoisotopic (exact) mass is 534 g/mol. The number of likely N-dealkylation sites (N-methyl/N-ethyl adjacent to an activating group) is 1. The van der Waals surface area contributed by atoms with Gasteiger partial charge in [0.15, 0.2) is 5.96 Å². The van der Waals surface area contributed by atoms with E-state index >= 15 is 0 Å². The molecular weight excluding hydrogens is 503 g/mol. The lowest BCUT2D eigenvalue weighted by Gasteiger charge is -2.36. The van der Waals surface area contributed by atoms with Crippen molar-refractivity contribution in [2.75, 3.05) is 53.4 Å². The lowest BCUT2D eigenvalue weighted by atomic mass is 10.3. The smallest absolute Gasteiger partial charge is 0.243 e. The minimum atomic E-state index is -0.0224. The van der Waals surface area contributed by atoms with Crippen molar-refractivity contribution in [1.29, 1.82) is 0 Å². The number of piperazine rings is 1. The van der Waals surface area contributed by atoms with E-state index in [0.29, 0.717) is 19.1 Å². The standard InChI is InChI=1S/C19H30N6O2S.HI/c1-23(2)18(27)13-21-19(20-12-16-4-3-11-28-16)25-9-7-24(8-10-25)14-17(26)22-15-5-6-15;/h3-4,11,15H,5-10,12-14H2,1-2H3,(H,20,21)(H,22,26);1H. The van der Waals surface area contributed by atoms with Gasteiger partial charge in [0.05, 0.1) is 13.1 Å². The van der Waals surface area contributed by atoms with Gasteiger partial charge in [-0.1, -0.05) is 6.07 Å². The highest BCUT2D eigenvalue weighted by atomic mass is 127. The van der Waals surface area contributed by atoms with Crippen molar-refractivity contribution in [3.8, 4) is 0 Å². The molecule has 3 rings (SSSR count). The van der Waals surface area contributed by atoms with Crippen molar-refractivity contribution in [3.63, 3.8) is 0 Å². The van der Waals surface area contributed by atoms with Crippen LogP contribution in [-0.2, 0) is 16.1 Å². The molecule has 2 N–H and O–H groups in total. The fourth-order valence-electron chi connectivity index (χ4n) is 2.95. The molecule has 0 atom stereocenters. The maximum absolute atomic E-state index is 12.0. The van der Waals surface area contributed by atoms with Crippen molar-refractivity contribution in [3.05, 3.63) is 22.4 Å². The van der Waals surface area contributed by atoms with Gasteiger partial charge in [0.1, 0.15) is 6.54 Å². The summed E-state index contributed by atoms with van der Waals surface area (Å²) in [5, 5.41) is 8.49. The molecule has 1 saturated heterocycles. The van der Waals surface area contributed by atoms with Crippen molar-refractivity contribution in [2.45, 2.75) is 25.4 Å². The second-order valence-corrected chi connectivity index (χ2v) is 8.50. The number of hydrogen-bond acceptors (Lipinski definition) is 5. The fourth-order valence-corrected chi connectivity index (χ4v) is 3.60. The van der Waals surface area contributed by atoms with E-state index in [1.165, 1.54) is 4.88 Å². The minimum absolute atomic E-state index is 0. The van der Waals surface area contributed by atoms with Crippen LogP contribution in [0.2, 0.25) is 0 Å². The summed E-state index contributed by atoms with van der Waals surface area (Å²) in [5.74, 6) is 0.855. The van der Waals surface area contributed by atoms with Crippen LogP contribution < -0.4 is 10.6 Å². The van der Waals surface area contributed by atoms with Crippen LogP contribution in [-0.4, -0.2) is 91.9 Å². The van der Waals surface area contributed by atoms with E-state index in [2.05, 4.69) is 36.9 Å². The first-order chi connectivity index (χ1) is 13.5. The molecule has 10 heteroatoms. The number of thiophene rings is 1. The maximum Gasteiger partial charge on any atom is 0.243 e. The second kappa shape index (κ2) is 11.7. The van der Waals surface area contributed by atoms with Crippen molar-refractivity contribution >= 4 is 53.1 Å². The molecule has 1 aromatic heterocycles. The molecule has 162 valence electrons. The molecule has 2 fully saturated rings. The Balaban J connectivity index is 0.00000300. The zero-order valence-corrected chi connectivity index (χ0v) is 20.2. The largest absolute Gasteiger partial charge is 0.352 e. The molecule has 0 aromatic carbocycles. The highest BCUT2D eigenvalue weighted by Gasteiger charge is 2.26. The molecule has 0 unspecified atom stereocenters. The number of carbonyl (C=O) groups is 2. The van der Waals surface area contributed by atoms with E-state index in [4.69, 9.17) is 0 Å². The summed E-state index contributed by atoms with van der Waals surface area (Å²) >= 11 is 1.69. The zero-order valence-electron chi connectivity index (χ0n) is 17.1. The SMILES string of the molecule is CN(C)C(=O)CN=C(NCc1cccs1)N1CCN(CC(=O)NC2CC2)CC1.I. The summed E-state index contributed by atoms with van der Waals surface area (Å²) in [4.78, 5) is 35.6. The lowest BCUT2D eigenvalue weighted by molar-refractivity contribution is -0.127. The maximum atomic E-state index is 12.0. The van der Waals surface area contributed by atoms with E-state index in [-0.39, 0.29) is 42.3 Å². The molecule has 8 nitrogen and oxygen atoms in total. The van der Waals surface area contributed by atoms with Crippen molar-refractivity contribution in [2.24, 2.45) is 4.99 Å². The first-order valence-electron chi connectivity index (χ1n) is 9.79. The third kappa shape index (κ3) is 8.09. The Bertz CT molecular complexity index is 685. The molecule has 1 aliphatic carbocycles. The molecule has 29 heavy (non-hydrogen) atoms. The van der Waals surface area contributed by atoms with Crippen LogP contribution in [0.15, 0.2) is 22.5 Å². The van der Waals surface area contributed by atoms with Gasteiger partial charge in [-0.25, -0.2) is 4.99 Å². The van der Waals surface area contributed by atoms with Gasteiger partial charge in [-0.2, -0.15) is 0 Å². The quantitative estimate of drug-likeness (QED) is 0.308. The Kier molecular flexibility index (Phi) is 9.63. The third-order valence-electron chi connectivity index (χ3n) is 4.85. The van der Waals surface area contributed by atoms with Crippen LogP contribution in [0, 0.1) is 0 Å². The molecule has 0 spiro atoms. The van der Waals surface area contributed by atoms with Crippen LogP contribution in [0.4, 0.5) is 0 Å². The van der Waals surface area contributed by atoms with Crippen LogP contribution >= 0.6 is 35.3 Å². The average Bonchev–Trinajstić information content (AvgIpc) is 3.32. The van der Waals surface area contributed by atoms with Crippen LogP contribution in [0.1, 0.15) is 17.7 Å². The van der Waals surface area contributed by atoms with E-state index in [0.717, 1.165) is 45.0 Å². The number of aliphatic imine (C=N–C) groups is 1. The van der Waals surface area contributed by atoms with Gasteiger partial charge in [-0.05, 0) is 24.3 Å². The molecule has 1 aliphatic heterocycles. The lowest BCUT2D eigenvalue weighted by Crippen LogP contribution is -2.54.